The van der Waals surface area contributed by atoms with E-state index >= 15 is 0 Å². The van der Waals surface area contributed by atoms with Crippen LogP contribution in [-0.2, 0) is 4.74 Å². The van der Waals surface area contributed by atoms with Gasteiger partial charge < -0.3 is 19.5 Å². The van der Waals surface area contributed by atoms with E-state index in [-0.39, 0.29) is 24.0 Å². The van der Waals surface area contributed by atoms with Crippen LogP contribution in [0.15, 0.2) is 41.2 Å². The third-order valence-corrected chi connectivity index (χ3v) is 7.21. The van der Waals surface area contributed by atoms with Crippen molar-refractivity contribution in [3.63, 3.8) is 0 Å². The van der Waals surface area contributed by atoms with E-state index in [2.05, 4.69) is 62.2 Å². The number of piperidine rings is 1. The van der Waals surface area contributed by atoms with Crippen LogP contribution >= 0.6 is 35.3 Å². The van der Waals surface area contributed by atoms with Crippen molar-refractivity contribution in [2.24, 2.45) is 10.9 Å². The van der Waals surface area contributed by atoms with Crippen molar-refractivity contribution in [3.8, 4) is 0 Å². The molecule has 0 spiro atoms. The van der Waals surface area contributed by atoms with Gasteiger partial charge in [0.15, 0.2) is 5.96 Å². The number of ether oxygens (including phenoxy) is 1. The smallest absolute Gasteiger partial charge is 0.194 e. The first-order chi connectivity index (χ1) is 14.8. The van der Waals surface area contributed by atoms with Crippen LogP contribution in [0.4, 0.5) is 0 Å². The van der Waals surface area contributed by atoms with Gasteiger partial charge in [-0.3, -0.25) is 9.89 Å². The Labute approximate surface area is 206 Å². The number of nitrogens with zero attached hydrogens (tertiary/aromatic N) is 5. The largest absolute Gasteiger partial charge is 0.379 e. The third kappa shape index (κ3) is 6.21. The number of hydrogen-bond acceptors (Lipinski definition) is 5. The molecule has 2 aliphatic heterocycles. The van der Waals surface area contributed by atoms with Crippen LogP contribution in [0.3, 0.4) is 0 Å². The fourth-order valence-corrected chi connectivity index (χ4v) is 5.30. The molecule has 2 aromatic heterocycles. The van der Waals surface area contributed by atoms with Gasteiger partial charge in [0.05, 0.1) is 38.2 Å². The molecule has 2 saturated heterocycles. The minimum Gasteiger partial charge on any atom is -0.379 e. The summed E-state index contributed by atoms with van der Waals surface area (Å²) in [7, 11) is 0. The number of nitrogens with one attached hydrogen (secondary N) is 1. The SMILES string of the molecule is CCNC(=NCC(c1cccs1)N1CCOCC1)N1CCC(C)C(n2ccnc2)C1.I. The van der Waals surface area contributed by atoms with Crippen LogP contribution in [0.2, 0.25) is 0 Å². The Balaban J connectivity index is 0.00000272. The Hall–Kier alpha value is -1.17. The van der Waals surface area contributed by atoms with Gasteiger partial charge in [-0.1, -0.05) is 13.0 Å². The van der Waals surface area contributed by atoms with Crippen LogP contribution in [0.25, 0.3) is 0 Å². The second-order valence-corrected chi connectivity index (χ2v) is 9.14. The summed E-state index contributed by atoms with van der Waals surface area (Å²) in [6.07, 6.45) is 7.06. The van der Waals surface area contributed by atoms with E-state index in [0.717, 1.165) is 64.9 Å². The molecule has 0 aromatic carbocycles. The second-order valence-electron chi connectivity index (χ2n) is 8.16. The standard InChI is InChI=1S/C22H34N6OS.HI/c1-3-24-22(27-8-6-18(2)20(16-27)28-9-7-23-17-28)25-15-19(21-5-4-14-30-21)26-10-12-29-13-11-26;/h4-5,7,9,14,17-20H,3,6,8,10-13,15-16H2,1-2H3,(H,24,25);1H. The maximum atomic E-state index is 5.58. The lowest BCUT2D eigenvalue weighted by molar-refractivity contribution is 0.0186. The van der Waals surface area contributed by atoms with E-state index in [1.807, 2.05) is 23.9 Å². The van der Waals surface area contributed by atoms with Gasteiger partial charge in [0.1, 0.15) is 0 Å². The molecule has 0 radical (unpaired) electrons. The summed E-state index contributed by atoms with van der Waals surface area (Å²) >= 11 is 1.83. The van der Waals surface area contributed by atoms with E-state index in [1.165, 1.54) is 4.88 Å². The van der Waals surface area contributed by atoms with Crippen LogP contribution in [0, 0.1) is 5.92 Å². The summed E-state index contributed by atoms with van der Waals surface area (Å²) in [6.45, 7) is 11.7. The van der Waals surface area contributed by atoms with Gasteiger partial charge in [-0.05, 0) is 30.7 Å². The average molecular weight is 559 g/mol. The predicted molar refractivity (Wildman–Crippen MR) is 137 cm³/mol. The molecule has 3 atom stereocenters. The number of halogens is 1. The van der Waals surface area contributed by atoms with Gasteiger partial charge in [0.2, 0.25) is 0 Å². The Morgan fingerprint density at radius 2 is 2.19 bits per heavy atom. The van der Waals surface area contributed by atoms with Crippen LogP contribution < -0.4 is 5.32 Å². The topological polar surface area (TPSA) is 57.9 Å². The first-order valence-electron chi connectivity index (χ1n) is 11.1. The molecule has 7 nitrogen and oxygen atoms in total. The maximum absolute atomic E-state index is 5.58. The molecule has 4 rings (SSSR count). The lowest BCUT2D eigenvalue weighted by Crippen LogP contribution is -2.49. The molecule has 1 N–H and O–H groups in total. The summed E-state index contributed by atoms with van der Waals surface area (Å²) in [5.41, 5.74) is 0. The highest BCUT2D eigenvalue weighted by atomic mass is 127. The minimum absolute atomic E-state index is 0. The molecule has 3 unspecified atom stereocenters. The zero-order valence-electron chi connectivity index (χ0n) is 18.5. The van der Waals surface area contributed by atoms with Crippen molar-refractivity contribution in [1.82, 2.24) is 24.7 Å². The third-order valence-electron chi connectivity index (χ3n) is 6.23. The molecule has 4 heterocycles. The number of imidazole rings is 1. The highest BCUT2D eigenvalue weighted by Gasteiger charge is 2.29. The molecule has 31 heavy (non-hydrogen) atoms. The average Bonchev–Trinajstić information content (AvgIpc) is 3.49. The number of aromatic nitrogens is 2. The number of guanidine groups is 1. The number of thiophene rings is 1. The molecular weight excluding hydrogens is 523 g/mol. The van der Waals surface area contributed by atoms with Crippen LogP contribution in [0.1, 0.15) is 37.2 Å². The second kappa shape index (κ2) is 12.2. The van der Waals surface area contributed by atoms with Crippen molar-refractivity contribution >= 4 is 41.3 Å². The molecule has 9 heteroatoms. The Morgan fingerprint density at radius 1 is 1.35 bits per heavy atom. The fourth-order valence-electron chi connectivity index (χ4n) is 4.45. The Kier molecular flexibility index (Phi) is 9.61. The summed E-state index contributed by atoms with van der Waals surface area (Å²) in [6, 6.07) is 5.13. The van der Waals surface area contributed by atoms with Crippen molar-refractivity contribution < 1.29 is 4.74 Å². The number of aliphatic imine (C=N–C) groups is 1. The molecule has 2 aromatic rings. The summed E-state index contributed by atoms with van der Waals surface area (Å²) < 4.78 is 7.83. The summed E-state index contributed by atoms with van der Waals surface area (Å²) in [5, 5.41) is 5.71. The van der Waals surface area contributed by atoms with Gasteiger partial charge in [0, 0.05) is 50.0 Å². The molecule has 0 aliphatic carbocycles. The first kappa shape index (κ1) is 24.5. The summed E-state index contributed by atoms with van der Waals surface area (Å²) in [5.74, 6) is 1.66. The van der Waals surface area contributed by atoms with Gasteiger partial charge in [-0.15, -0.1) is 35.3 Å². The monoisotopic (exact) mass is 558 g/mol. The molecule has 2 aliphatic rings. The highest BCUT2D eigenvalue weighted by Crippen LogP contribution is 2.29. The Bertz CT molecular complexity index is 778. The highest BCUT2D eigenvalue weighted by molar-refractivity contribution is 14.0. The van der Waals surface area contributed by atoms with Crippen molar-refractivity contribution in [1.29, 1.82) is 0 Å². The molecule has 0 bridgehead atoms. The molecule has 0 amide bonds. The Morgan fingerprint density at radius 3 is 2.87 bits per heavy atom. The quantitative estimate of drug-likeness (QED) is 0.335. The summed E-state index contributed by atoms with van der Waals surface area (Å²) in [4.78, 5) is 15.7. The van der Waals surface area contributed by atoms with E-state index in [9.17, 15) is 0 Å². The molecule has 2 fully saturated rings. The zero-order valence-corrected chi connectivity index (χ0v) is 21.7. The fraction of sp³-hybridized carbons (Fsp3) is 0.636. The number of rotatable bonds is 6. The van der Waals surface area contributed by atoms with Crippen LogP contribution in [-0.4, -0.2) is 77.8 Å². The van der Waals surface area contributed by atoms with E-state index in [1.54, 1.807) is 0 Å². The van der Waals surface area contributed by atoms with Gasteiger partial charge in [-0.2, -0.15) is 0 Å². The lowest BCUT2D eigenvalue weighted by atomic mass is 9.93. The zero-order chi connectivity index (χ0) is 20.8. The van der Waals surface area contributed by atoms with E-state index in [4.69, 9.17) is 9.73 Å². The van der Waals surface area contributed by atoms with Crippen molar-refractivity contribution in [2.45, 2.75) is 32.4 Å². The van der Waals surface area contributed by atoms with Crippen molar-refractivity contribution in [3.05, 3.63) is 41.1 Å². The van der Waals surface area contributed by atoms with Gasteiger partial charge >= 0.3 is 0 Å². The molecule has 172 valence electrons. The van der Waals surface area contributed by atoms with E-state index in [0.29, 0.717) is 18.0 Å². The minimum atomic E-state index is 0. The number of hydrogen-bond donors (Lipinski definition) is 1. The number of morpholine rings is 1. The van der Waals surface area contributed by atoms with Gasteiger partial charge in [-0.25, -0.2) is 4.98 Å². The van der Waals surface area contributed by atoms with Crippen molar-refractivity contribution in [2.75, 3.05) is 52.5 Å². The van der Waals surface area contributed by atoms with E-state index < -0.39 is 0 Å². The first-order valence-corrected chi connectivity index (χ1v) is 12.0. The maximum Gasteiger partial charge on any atom is 0.194 e. The van der Waals surface area contributed by atoms with Gasteiger partial charge in [0.25, 0.3) is 0 Å². The van der Waals surface area contributed by atoms with Crippen LogP contribution in [0.5, 0.6) is 0 Å². The normalized spacial score (nSPS) is 23.9. The molecule has 0 saturated carbocycles. The number of likely N-dealkylation sites (tertiary alicyclic amines) is 1. The molecular formula is C22H35IN6OS. The predicted octanol–water partition coefficient (Wildman–Crippen LogP) is 3.48. The lowest BCUT2D eigenvalue weighted by Gasteiger charge is -2.39.